The molecular formula is C25H26N4O. The second kappa shape index (κ2) is 7.24. The van der Waals surface area contributed by atoms with Gasteiger partial charge >= 0.3 is 0 Å². The lowest BCUT2D eigenvalue weighted by atomic mass is 9.64. The second-order valence-electron chi connectivity index (χ2n) is 8.43. The highest BCUT2D eigenvalue weighted by atomic mass is 16.2. The predicted molar refractivity (Wildman–Crippen MR) is 119 cm³/mol. The molecular weight excluding hydrogens is 372 g/mol. The van der Waals surface area contributed by atoms with Crippen LogP contribution in [-0.4, -0.2) is 40.9 Å². The Bertz CT molecular complexity index is 1120. The number of aromatic nitrogens is 2. The molecule has 5 heteroatoms. The molecule has 1 fully saturated rings. The van der Waals surface area contributed by atoms with Gasteiger partial charge in [-0.25, -0.2) is 9.97 Å². The fraction of sp³-hybridized carbons (Fsp3) is 0.320. The summed E-state index contributed by atoms with van der Waals surface area (Å²) >= 11 is 0. The molecule has 1 aliphatic heterocycles. The zero-order valence-electron chi connectivity index (χ0n) is 17.5. The summed E-state index contributed by atoms with van der Waals surface area (Å²) in [5.41, 5.74) is 6.70. The molecule has 3 aromatic rings. The van der Waals surface area contributed by atoms with Gasteiger partial charge in [0.15, 0.2) is 0 Å². The van der Waals surface area contributed by atoms with Gasteiger partial charge in [-0.1, -0.05) is 42.5 Å². The summed E-state index contributed by atoms with van der Waals surface area (Å²) in [5, 5.41) is 3.05. The molecule has 1 amide bonds. The van der Waals surface area contributed by atoms with Crippen LogP contribution < -0.4 is 5.32 Å². The van der Waals surface area contributed by atoms with Crippen LogP contribution >= 0.6 is 0 Å². The third-order valence-corrected chi connectivity index (χ3v) is 6.75. The van der Waals surface area contributed by atoms with Crippen LogP contribution in [-0.2, 0) is 11.8 Å². The molecule has 5 nitrogen and oxygen atoms in total. The monoisotopic (exact) mass is 398 g/mol. The van der Waals surface area contributed by atoms with Crippen molar-refractivity contribution in [3.63, 3.8) is 0 Å². The maximum absolute atomic E-state index is 13.1. The van der Waals surface area contributed by atoms with E-state index < -0.39 is 0 Å². The number of rotatable bonds is 2. The Morgan fingerprint density at radius 1 is 1.07 bits per heavy atom. The number of fused-ring (bicyclic) bond motifs is 4. The third-order valence-electron chi connectivity index (χ3n) is 6.75. The number of carbonyl (C=O) groups is 1. The summed E-state index contributed by atoms with van der Waals surface area (Å²) in [6.45, 7) is 3.55. The molecule has 0 radical (unpaired) electrons. The van der Waals surface area contributed by atoms with Crippen molar-refractivity contribution in [1.29, 1.82) is 0 Å². The molecule has 0 atom stereocenters. The predicted octanol–water partition coefficient (Wildman–Crippen LogP) is 4.22. The Labute approximate surface area is 177 Å². The maximum Gasteiger partial charge on any atom is 0.254 e. The van der Waals surface area contributed by atoms with Crippen LogP contribution in [0.4, 0.5) is 5.95 Å². The van der Waals surface area contributed by atoms with Crippen LogP contribution in [0.15, 0.2) is 54.7 Å². The van der Waals surface area contributed by atoms with Crippen LogP contribution in [0.25, 0.3) is 11.3 Å². The van der Waals surface area contributed by atoms with Crippen molar-refractivity contribution in [2.75, 3.05) is 25.5 Å². The Morgan fingerprint density at radius 2 is 1.80 bits per heavy atom. The normalized spacial score (nSPS) is 16.7. The average Bonchev–Trinajstić information content (AvgIpc) is 2.79. The number of carbonyl (C=O) groups excluding carboxylic acids is 1. The van der Waals surface area contributed by atoms with Gasteiger partial charge in [0.05, 0.1) is 5.69 Å². The van der Waals surface area contributed by atoms with Crippen LogP contribution in [0.5, 0.6) is 0 Å². The third kappa shape index (κ3) is 2.96. The SMILES string of the molecule is CNc1ncc2c(n1)-c1ccccc1C1(CCN(C(=O)c3ccccc3C)CC1)C2. The first-order chi connectivity index (χ1) is 14.6. The zero-order valence-corrected chi connectivity index (χ0v) is 17.5. The van der Waals surface area contributed by atoms with Gasteiger partial charge in [0, 0.05) is 42.9 Å². The maximum atomic E-state index is 13.1. The van der Waals surface area contributed by atoms with E-state index in [1.807, 2.05) is 49.3 Å². The number of aryl methyl sites for hydroxylation is 1. The van der Waals surface area contributed by atoms with Gasteiger partial charge in [0.1, 0.15) is 0 Å². The second-order valence-corrected chi connectivity index (χ2v) is 8.43. The Morgan fingerprint density at radius 3 is 2.57 bits per heavy atom. The first-order valence-corrected chi connectivity index (χ1v) is 10.6. The standard InChI is InChI=1S/C25H26N4O/c1-17-7-3-4-8-19(17)23(30)29-13-11-25(12-14-29)15-18-16-27-24(26-2)28-22(18)20-9-5-6-10-21(20)25/h3-10,16H,11-15H2,1-2H3,(H,26,27,28). The lowest BCUT2D eigenvalue weighted by Gasteiger charge is -2.45. The van der Waals surface area contributed by atoms with E-state index in [1.54, 1.807) is 0 Å². The van der Waals surface area contributed by atoms with Crippen LogP contribution in [0, 0.1) is 6.92 Å². The molecule has 30 heavy (non-hydrogen) atoms. The van der Waals surface area contributed by atoms with Gasteiger partial charge in [0.25, 0.3) is 5.91 Å². The van der Waals surface area contributed by atoms with Gasteiger partial charge in [-0.15, -0.1) is 0 Å². The average molecular weight is 399 g/mol. The number of amides is 1. The van der Waals surface area contributed by atoms with Crippen molar-refractivity contribution in [2.45, 2.75) is 31.6 Å². The van der Waals surface area contributed by atoms with Crippen molar-refractivity contribution in [1.82, 2.24) is 14.9 Å². The summed E-state index contributed by atoms with van der Waals surface area (Å²) in [6.07, 6.45) is 4.80. The molecule has 0 bridgehead atoms. The highest BCUT2D eigenvalue weighted by Crippen LogP contribution is 2.48. The lowest BCUT2D eigenvalue weighted by Crippen LogP contribution is -2.47. The smallest absolute Gasteiger partial charge is 0.254 e. The summed E-state index contributed by atoms with van der Waals surface area (Å²) in [5.74, 6) is 0.799. The minimum Gasteiger partial charge on any atom is -0.357 e. The number of likely N-dealkylation sites (tertiary alicyclic amines) is 1. The van der Waals surface area contributed by atoms with Crippen LogP contribution in [0.3, 0.4) is 0 Å². The number of benzene rings is 2. The van der Waals surface area contributed by atoms with E-state index in [-0.39, 0.29) is 11.3 Å². The molecule has 5 rings (SSSR count). The molecule has 1 aromatic heterocycles. The molecule has 0 unspecified atom stereocenters. The fourth-order valence-electron chi connectivity index (χ4n) is 5.07. The Kier molecular flexibility index (Phi) is 4.54. The largest absolute Gasteiger partial charge is 0.357 e. The Hall–Kier alpha value is -3.21. The van der Waals surface area contributed by atoms with Crippen molar-refractivity contribution >= 4 is 11.9 Å². The minimum atomic E-state index is 0.0383. The number of nitrogens with one attached hydrogen (secondary N) is 1. The molecule has 2 heterocycles. The van der Waals surface area contributed by atoms with E-state index in [0.29, 0.717) is 5.95 Å². The van der Waals surface area contributed by atoms with Gasteiger partial charge in [-0.3, -0.25) is 4.79 Å². The van der Waals surface area contributed by atoms with E-state index in [4.69, 9.17) is 4.98 Å². The molecule has 1 spiro atoms. The number of piperidine rings is 1. The van der Waals surface area contributed by atoms with E-state index >= 15 is 0 Å². The van der Waals surface area contributed by atoms with Crippen molar-refractivity contribution in [2.24, 2.45) is 0 Å². The van der Waals surface area contributed by atoms with Gasteiger partial charge < -0.3 is 10.2 Å². The minimum absolute atomic E-state index is 0.0383. The lowest BCUT2D eigenvalue weighted by molar-refractivity contribution is 0.0663. The molecule has 1 N–H and O–H groups in total. The molecule has 0 saturated carbocycles. The summed E-state index contributed by atoms with van der Waals surface area (Å²) in [4.78, 5) is 24.3. The first-order valence-electron chi connectivity index (χ1n) is 10.6. The van der Waals surface area contributed by atoms with Crippen molar-refractivity contribution in [3.05, 3.63) is 77.0 Å². The van der Waals surface area contributed by atoms with Gasteiger partial charge in [-0.05, 0) is 48.9 Å². The molecule has 152 valence electrons. The van der Waals surface area contributed by atoms with E-state index in [9.17, 15) is 4.79 Å². The fourth-order valence-corrected chi connectivity index (χ4v) is 5.07. The summed E-state index contributed by atoms with van der Waals surface area (Å²) < 4.78 is 0. The van der Waals surface area contributed by atoms with Crippen molar-refractivity contribution < 1.29 is 4.79 Å². The number of anilines is 1. The number of hydrogen-bond acceptors (Lipinski definition) is 4. The van der Waals surface area contributed by atoms with E-state index in [2.05, 4.69) is 34.6 Å². The summed E-state index contributed by atoms with van der Waals surface area (Å²) in [7, 11) is 1.85. The van der Waals surface area contributed by atoms with Crippen LogP contribution in [0.2, 0.25) is 0 Å². The van der Waals surface area contributed by atoms with Crippen LogP contribution in [0.1, 0.15) is 39.9 Å². The highest BCUT2D eigenvalue weighted by molar-refractivity contribution is 5.95. The Balaban J connectivity index is 1.45. The van der Waals surface area contributed by atoms with Gasteiger partial charge in [-0.2, -0.15) is 0 Å². The molecule has 2 aromatic carbocycles. The molecule has 2 aliphatic rings. The summed E-state index contributed by atoms with van der Waals surface area (Å²) in [6, 6.07) is 16.5. The zero-order chi connectivity index (χ0) is 20.7. The van der Waals surface area contributed by atoms with Crippen molar-refractivity contribution in [3.8, 4) is 11.3 Å². The van der Waals surface area contributed by atoms with Gasteiger partial charge in [0.2, 0.25) is 5.95 Å². The molecule has 1 aliphatic carbocycles. The van der Waals surface area contributed by atoms with E-state index in [0.717, 1.165) is 49.2 Å². The first kappa shape index (κ1) is 18.8. The quantitative estimate of drug-likeness (QED) is 0.702. The highest BCUT2D eigenvalue weighted by Gasteiger charge is 2.42. The van der Waals surface area contributed by atoms with E-state index in [1.165, 1.54) is 16.7 Å². The number of hydrogen-bond donors (Lipinski definition) is 1. The topological polar surface area (TPSA) is 58.1 Å². The molecule has 1 saturated heterocycles. The number of nitrogens with zero attached hydrogens (tertiary/aromatic N) is 3.